The van der Waals surface area contributed by atoms with Crippen molar-refractivity contribution in [1.29, 1.82) is 0 Å². The Labute approximate surface area is 125 Å². The summed E-state index contributed by atoms with van der Waals surface area (Å²) in [7, 11) is 0. The molecule has 0 aromatic heterocycles. The summed E-state index contributed by atoms with van der Waals surface area (Å²) in [6.07, 6.45) is 0.940. The van der Waals surface area contributed by atoms with Crippen molar-refractivity contribution in [2.24, 2.45) is 0 Å². The van der Waals surface area contributed by atoms with Crippen LogP contribution in [0.3, 0.4) is 0 Å². The van der Waals surface area contributed by atoms with Crippen LogP contribution >= 0.6 is 0 Å². The molecule has 0 fully saturated rings. The normalized spacial score (nSPS) is 11.5. The second-order valence-corrected chi connectivity index (χ2v) is 5.60. The molecule has 1 amide bonds. The molecule has 118 valence electrons. The van der Waals surface area contributed by atoms with Gasteiger partial charge in [-0.25, -0.2) is 4.39 Å². The van der Waals surface area contributed by atoms with Crippen LogP contribution in [0.25, 0.3) is 0 Å². The van der Waals surface area contributed by atoms with Crippen LogP contribution in [-0.4, -0.2) is 30.8 Å². The Hall–Kier alpha value is -1.62. The lowest BCUT2D eigenvalue weighted by Gasteiger charge is -2.25. The Morgan fingerprint density at radius 3 is 2.48 bits per heavy atom. The summed E-state index contributed by atoms with van der Waals surface area (Å²) in [6.45, 7) is 8.43. The van der Waals surface area contributed by atoms with Crippen molar-refractivity contribution in [3.05, 3.63) is 30.1 Å². The molecule has 0 saturated carbocycles. The van der Waals surface area contributed by atoms with Crippen LogP contribution in [0.5, 0.6) is 5.75 Å². The maximum Gasteiger partial charge on any atom is 0.263 e. The lowest BCUT2D eigenvalue weighted by atomic mass is 10.1. The second kappa shape index (κ2) is 7.98. The summed E-state index contributed by atoms with van der Waals surface area (Å²) >= 11 is 0. The van der Waals surface area contributed by atoms with Crippen LogP contribution in [0.4, 0.5) is 4.39 Å². The first-order valence-electron chi connectivity index (χ1n) is 7.16. The van der Waals surface area contributed by atoms with Gasteiger partial charge in [0.1, 0.15) is 11.6 Å². The van der Waals surface area contributed by atoms with E-state index in [0.29, 0.717) is 18.9 Å². The highest BCUT2D eigenvalue weighted by Gasteiger charge is 2.29. The number of carbonyl (C=O) groups excluding carboxylic acids is 1. The van der Waals surface area contributed by atoms with Gasteiger partial charge in [0.25, 0.3) is 5.91 Å². The molecule has 0 radical (unpaired) electrons. The first-order valence-corrected chi connectivity index (χ1v) is 7.16. The Kier molecular flexibility index (Phi) is 6.62. The summed E-state index contributed by atoms with van der Waals surface area (Å²) in [6, 6.07) is 5.60. The molecule has 5 heteroatoms. The second-order valence-electron chi connectivity index (χ2n) is 5.60. The van der Waals surface area contributed by atoms with Crippen molar-refractivity contribution in [3.63, 3.8) is 0 Å². The first kappa shape index (κ1) is 17.4. The van der Waals surface area contributed by atoms with Gasteiger partial charge in [-0.05, 0) is 58.4 Å². The Bertz CT molecular complexity index is 443. The molecule has 1 aromatic rings. The fraction of sp³-hybridized carbons (Fsp3) is 0.562. The predicted octanol–water partition coefficient (Wildman–Crippen LogP) is 2.91. The Balaban J connectivity index is 2.38. The van der Waals surface area contributed by atoms with Crippen LogP contribution in [0.15, 0.2) is 24.3 Å². The number of halogens is 1. The Morgan fingerprint density at radius 2 is 1.90 bits per heavy atom. The van der Waals surface area contributed by atoms with Crippen molar-refractivity contribution in [2.45, 2.75) is 45.8 Å². The van der Waals surface area contributed by atoms with E-state index in [2.05, 4.69) is 5.32 Å². The highest BCUT2D eigenvalue weighted by Crippen LogP contribution is 2.18. The fourth-order valence-electron chi connectivity index (χ4n) is 1.65. The van der Waals surface area contributed by atoms with Gasteiger partial charge in [0.05, 0.1) is 6.10 Å². The molecule has 0 unspecified atom stereocenters. The van der Waals surface area contributed by atoms with E-state index in [4.69, 9.17) is 9.47 Å². The van der Waals surface area contributed by atoms with E-state index in [1.807, 2.05) is 13.8 Å². The third kappa shape index (κ3) is 6.58. The van der Waals surface area contributed by atoms with E-state index in [0.717, 1.165) is 6.42 Å². The molecule has 0 atom stereocenters. The maximum atomic E-state index is 12.8. The molecule has 4 nitrogen and oxygen atoms in total. The number of hydrogen-bond acceptors (Lipinski definition) is 3. The molecule has 0 aliphatic carbocycles. The van der Waals surface area contributed by atoms with Crippen LogP contribution in [-0.2, 0) is 9.53 Å². The minimum absolute atomic E-state index is 0.193. The molecule has 0 bridgehead atoms. The van der Waals surface area contributed by atoms with Gasteiger partial charge in [-0.15, -0.1) is 0 Å². The van der Waals surface area contributed by atoms with Gasteiger partial charge in [0, 0.05) is 13.2 Å². The summed E-state index contributed by atoms with van der Waals surface area (Å²) in [5.74, 6) is -0.0918. The summed E-state index contributed by atoms with van der Waals surface area (Å²) in [4.78, 5) is 12.1. The average Bonchev–Trinajstić information content (AvgIpc) is 2.40. The third-order valence-corrected chi connectivity index (χ3v) is 2.79. The SMILES string of the molecule is CC(C)OCCCNC(=O)C(C)(C)Oc1ccc(F)cc1. The topological polar surface area (TPSA) is 47.6 Å². The van der Waals surface area contributed by atoms with E-state index >= 15 is 0 Å². The van der Waals surface area contributed by atoms with Crippen molar-refractivity contribution in [3.8, 4) is 5.75 Å². The summed E-state index contributed by atoms with van der Waals surface area (Å²) in [5.41, 5.74) is -1.02. The number of nitrogens with one attached hydrogen (secondary N) is 1. The molecular weight excluding hydrogens is 273 g/mol. The lowest BCUT2D eigenvalue weighted by molar-refractivity contribution is -0.134. The van der Waals surface area contributed by atoms with Crippen molar-refractivity contribution in [1.82, 2.24) is 5.32 Å². The third-order valence-electron chi connectivity index (χ3n) is 2.79. The molecule has 0 spiro atoms. The Morgan fingerprint density at radius 1 is 1.29 bits per heavy atom. The highest BCUT2D eigenvalue weighted by molar-refractivity contribution is 5.84. The average molecular weight is 297 g/mol. The zero-order valence-corrected chi connectivity index (χ0v) is 13.1. The van der Waals surface area contributed by atoms with Crippen molar-refractivity contribution < 1.29 is 18.7 Å². The zero-order valence-electron chi connectivity index (χ0n) is 13.1. The first-order chi connectivity index (χ1) is 9.81. The molecule has 1 N–H and O–H groups in total. The van der Waals surface area contributed by atoms with Gasteiger partial charge in [0.2, 0.25) is 0 Å². The van der Waals surface area contributed by atoms with Crippen LogP contribution in [0.1, 0.15) is 34.1 Å². The number of rotatable bonds is 8. The van der Waals surface area contributed by atoms with Gasteiger partial charge in [-0.2, -0.15) is 0 Å². The van der Waals surface area contributed by atoms with E-state index < -0.39 is 5.60 Å². The fourth-order valence-corrected chi connectivity index (χ4v) is 1.65. The number of hydrogen-bond donors (Lipinski definition) is 1. The van der Waals surface area contributed by atoms with E-state index in [1.54, 1.807) is 13.8 Å². The van der Waals surface area contributed by atoms with Gasteiger partial charge < -0.3 is 14.8 Å². The van der Waals surface area contributed by atoms with Crippen molar-refractivity contribution >= 4 is 5.91 Å². The van der Waals surface area contributed by atoms with Gasteiger partial charge in [0.15, 0.2) is 5.60 Å². The molecule has 0 heterocycles. The molecular formula is C16H24FNO3. The number of carbonyl (C=O) groups is 1. The largest absolute Gasteiger partial charge is 0.478 e. The minimum atomic E-state index is -1.02. The molecule has 0 saturated heterocycles. The summed E-state index contributed by atoms with van der Waals surface area (Å²) < 4.78 is 23.8. The van der Waals surface area contributed by atoms with E-state index in [-0.39, 0.29) is 17.8 Å². The monoisotopic (exact) mass is 297 g/mol. The maximum absolute atomic E-state index is 12.8. The molecule has 1 aromatic carbocycles. The van der Waals surface area contributed by atoms with Crippen LogP contribution in [0, 0.1) is 5.82 Å². The van der Waals surface area contributed by atoms with Gasteiger partial charge >= 0.3 is 0 Å². The number of benzene rings is 1. The van der Waals surface area contributed by atoms with Gasteiger partial charge in [-0.3, -0.25) is 4.79 Å². The quantitative estimate of drug-likeness (QED) is 0.751. The van der Waals surface area contributed by atoms with Crippen LogP contribution < -0.4 is 10.1 Å². The summed E-state index contributed by atoms with van der Waals surface area (Å²) in [5, 5.41) is 2.81. The molecule has 21 heavy (non-hydrogen) atoms. The molecule has 0 aliphatic heterocycles. The smallest absolute Gasteiger partial charge is 0.263 e. The van der Waals surface area contributed by atoms with E-state index in [1.165, 1.54) is 24.3 Å². The molecule has 1 rings (SSSR count). The van der Waals surface area contributed by atoms with E-state index in [9.17, 15) is 9.18 Å². The molecule has 0 aliphatic rings. The van der Waals surface area contributed by atoms with Crippen molar-refractivity contribution in [2.75, 3.05) is 13.2 Å². The highest BCUT2D eigenvalue weighted by atomic mass is 19.1. The predicted molar refractivity (Wildman–Crippen MR) is 79.8 cm³/mol. The van der Waals surface area contributed by atoms with Crippen LogP contribution in [0.2, 0.25) is 0 Å². The standard InChI is InChI=1S/C16H24FNO3/c1-12(2)20-11-5-10-18-15(19)16(3,4)21-14-8-6-13(17)7-9-14/h6-9,12H,5,10-11H2,1-4H3,(H,18,19). The lowest BCUT2D eigenvalue weighted by Crippen LogP contribution is -2.46. The number of amides is 1. The minimum Gasteiger partial charge on any atom is -0.478 e. The zero-order chi connectivity index (χ0) is 15.9. The number of ether oxygens (including phenoxy) is 2. The van der Waals surface area contributed by atoms with Gasteiger partial charge in [-0.1, -0.05) is 0 Å².